The van der Waals surface area contributed by atoms with Crippen molar-refractivity contribution in [2.45, 2.75) is 53.5 Å². The Balaban J connectivity index is 3.53. The van der Waals surface area contributed by atoms with E-state index in [2.05, 4.69) is 39.4 Å². The molecule has 0 saturated carbocycles. The SMILES string of the molecule is C=Cc1c(C(=O)C(C)C)c(C(C)C)nn1C(C)C. The molecule has 1 rings (SSSR count). The summed E-state index contributed by atoms with van der Waals surface area (Å²) in [5.41, 5.74) is 2.49. The van der Waals surface area contributed by atoms with Crippen LogP contribution in [-0.2, 0) is 0 Å². The van der Waals surface area contributed by atoms with Gasteiger partial charge in [-0.25, -0.2) is 0 Å². The lowest BCUT2D eigenvalue weighted by Gasteiger charge is -2.10. The van der Waals surface area contributed by atoms with E-state index in [4.69, 9.17) is 0 Å². The molecule has 1 aromatic rings. The van der Waals surface area contributed by atoms with Gasteiger partial charge in [0, 0.05) is 12.0 Å². The first-order valence-corrected chi connectivity index (χ1v) is 6.60. The Hall–Kier alpha value is -1.38. The summed E-state index contributed by atoms with van der Waals surface area (Å²) in [5, 5.41) is 4.61. The molecule has 1 heterocycles. The average Bonchev–Trinajstić information content (AvgIpc) is 2.66. The zero-order valence-electron chi connectivity index (χ0n) is 12.3. The van der Waals surface area contributed by atoms with Crippen molar-refractivity contribution in [3.63, 3.8) is 0 Å². The number of carbonyl (C=O) groups excluding carboxylic acids is 1. The Kier molecular flexibility index (Phi) is 4.49. The molecule has 0 aliphatic carbocycles. The molecular formula is C15H24N2O. The molecule has 0 fully saturated rings. The van der Waals surface area contributed by atoms with Crippen LogP contribution in [0.3, 0.4) is 0 Å². The summed E-state index contributed by atoms with van der Waals surface area (Å²) in [4.78, 5) is 12.4. The van der Waals surface area contributed by atoms with Gasteiger partial charge in [-0.3, -0.25) is 9.48 Å². The Morgan fingerprint density at radius 2 is 1.78 bits per heavy atom. The van der Waals surface area contributed by atoms with E-state index < -0.39 is 0 Å². The van der Waals surface area contributed by atoms with Crippen LogP contribution in [0.15, 0.2) is 6.58 Å². The highest BCUT2D eigenvalue weighted by molar-refractivity contribution is 6.01. The first-order chi connectivity index (χ1) is 8.31. The van der Waals surface area contributed by atoms with Gasteiger partial charge in [-0.15, -0.1) is 0 Å². The zero-order chi connectivity index (χ0) is 14.0. The van der Waals surface area contributed by atoms with Crippen LogP contribution in [0.4, 0.5) is 0 Å². The quantitative estimate of drug-likeness (QED) is 0.736. The van der Waals surface area contributed by atoms with Crippen LogP contribution in [0.1, 0.15) is 75.2 Å². The average molecular weight is 248 g/mol. The van der Waals surface area contributed by atoms with Gasteiger partial charge in [0.2, 0.25) is 0 Å². The molecule has 0 N–H and O–H groups in total. The number of ketones is 1. The molecule has 0 saturated heterocycles. The van der Waals surface area contributed by atoms with Crippen LogP contribution in [0, 0.1) is 5.92 Å². The van der Waals surface area contributed by atoms with Gasteiger partial charge in [0.1, 0.15) is 0 Å². The molecule has 0 aromatic carbocycles. The molecule has 3 nitrogen and oxygen atoms in total. The highest BCUT2D eigenvalue weighted by atomic mass is 16.1. The Labute approximate surface area is 110 Å². The zero-order valence-corrected chi connectivity index (χ0v) is 12.3. The largest absolute Gasteiger partial charge is 0.294 e. The third kappa shape index (κ3) is 2.55. The van der Waals surface area contributed by atoms with E-state index in [1.165, 1.54) is 0 Å². The highest BCUT2D eigenvalue weighted by Crippen LogP contribution is 2.27. The van der Waals surface area contributed by atoms with Gasteiger partial charge in [0.25, 0.3) is 0 Å². The van der Waals surface area contributed by atoms with E-state index in [1.54, 1.807) is 6.08 Å². The minimum atomic E-state index is -0.0222. The van der Waals surface area contributed by atoms with Crippen molar-refractivity contribution in [2.75, 3.05) is 0 Å². The van der Waals surface area contributed by atoms with Gasteiger partial charge in [-0.1, -0.05) is 34.3 Å². The molecule has 0 bridgehead atoms. The molecule has 0 radical (unpaired) electrons. The van der Waals surface area contributed by atoms with Crippen LogP contribution < -0.4 is 0 Å². The normalized spacial score (nSPS) is 11.6. The summed E-state index contributed by atoms with van der Waals surface area (Å²) in [6.45, 7) is 15.9. The second-order valence-electron chi connectivity index (χ2n) is 5.56. The molecule has 0 aliphatic rings. The number of hydrogen-bond donors (Lipinski definition) is 0. The maximum absolute atomic E-state index is 12.4. The minimum Gasteiger partial charge on any atom is -0.294 e. The van der Waals surface area contributed by atoms with Crippen LogP contribution >= 0.6 is 0 Å². The molecule has 3 heteroatoms. The fourth-order valence-corrected chi connectivity index (χ4v) is 2.00. The first kappa shape index (κ1) is 14.7. The summed E-state index contributed by atoms with van der Waals surface area (Å²) in [6, 6.07) is 0.226. The molecular weight excluding hydrogens is 224 g/mol. The Morgan fingerprint density at radius 1 is 1.22 bits per heavy atom. The molecule has 0 unspecified atom stereocenters. The second kappa shape index (κ2) is 5.51. The van der Waals surface area contributed by atoms with E-state index in [0.29, 0.717) is 0 Å². The molecule has 100 valence electrons. The van der Waals surface area contributed by atoms with Crippen molar-refractivity contribution in [1.82, 2.24) is 9.78 Å². The summed E-state index contributed by atoms with van der Waals surface area (Å²) in [7, 11) is 0. The van der Waals surface area contributed by atoms with E-state index in [0.717, 1.165) is 17.0 Å². The number of aromatic nitrogens is 2. The fourth-order valence-electron chi connectivity index (χ4n) is 2.00. The second-order valence-corrected chi connectivity index (χ2v) is 5.56. The number of rotatable bonds is 5. The first-order valence-electron chi connectivity index (χ1n) is 6.60. The maximum atomic E-state index is 12.4. The van der Waals surface area contributed by atoms with Crippen LogP contribution in [-0.4, -0.2) is 15.6 Å². The van der Waals surface area contributed by atoms with Crippen LogP contribution in [0.25, 0.3) is 6.08 Å². The molecule has 1 aromatic heterocycles. The predicted octanol–water partition coefficient (Wildman–Crippen LogP) is 4.07. The fraction of sp³-hybridized carbons (Fsp3) is 0.600. The van der Waals surface area contributed by atoms with E-state index in [-0.39, 0.29) is 23.7 Å². The van der Waals surface area contributed by atoms with Gasteiger partial charge >= 0.3 is 0 Å². The molecule has 0 amide bonds. The lowest BCUT2D eigenvalue weighted by Crippen LogP contribution is -2.12. The predicted molar refractivity (Wildman–Crippen MR) is 76.0 cm³/mol. The number of Topliss-reactive ketones (excluding diaryl/α,β-unsaturated/α-hetero) is 1. The topological polar surface area (TPSA) is 34.9 Å². The minimum absolute atomic E-state index is 0.0222. The van der Waals surface area contributed by atoms with E-state index in [9.17, 15) is 4.79 Å². The number of carbonyl (C=O) groups is 1. The monoisotopic (exact) mass is 248 g/mol. The number of hydrogen-bond acceptors (Lipinski definition) is 2. The third-order valence-electron chi connectivity index (χ3n) is 2.97. The summed E-state index contributed by atoms with van der Waals surface area (Å²) in [5.74, 6) is 0.368. The van der Waals surface area contributed by atoms with Crippen LogP contribution in [0.5, 0.6) is 0 Å². The summed E-state index contributed by atoms with van der Waals surface area (Å²) >= 11 is 0. The summed E-state index contributed by atoms with van der Waals surface area (Å²) < 4.78 is 1.90. The highest BCUT2D eigenvalue weighted by Gasteiger charge is 2.26. The van der Waals surface area contributed by atoms with Crippen molar-refractivity contribution >= 4 is 11.9 Å². The molecule has 0 spiro atoms. The molecule has 18 heavy (non-hydrogen) atoms. The maximum Gasteiger partial charge on any atom is 0.169 e. The van der Waals surface area contributed by atoms with Crippen molar-refractivity contribution in [3.05, 3.63) is 23.5 Å². The Bertz CT molecular complexity index is 453. The van der Waals surface area contributed by atoms with Gasteiger partial charge in [0.15, 0.2) is 5.78 Å². The van der Waals surface area contributed by atoms with Crippen molar-refractivity contribution in [2.24, 2.45) is 5.92 Å². The summed E-state index contributed by atoms with van der Waals surface area (Å²) in [6.07, 6.45) is 1.74. The Morgan fingerprint density at radius 3 is 2.11 bits per heavy atom. The van der Waals surface area contributed by atoms with Crippen molar-refractivity contribution in [3.8, 4) is 0 Å². The van der Waals surface area contributed by atoms with Gasteiger partial charge < -0.3 is 0 Å². The number of nitrogens with zero attached hydrogens (tertiary/aromatic N) is 2. The lowest BCUT2D eigenvalue weighted by molar-refractivity contribution is 0.0938. The van der Waals surface area contributed by atoms with E-state index >= 15 is 0 Å². The van der Waals surface area contributed by atoms with Gasteiger partial charge in [-0.05, 0) is 25.8 Å². The molecule has 0 atom stereocenters. The van der Waals surface area contributed by atoms with Crippen LogP contribution in [0.2, 0.25) is 0 Å². The van der Waals surface area contributed by atoms with E-state index in [1.807, 2.05) is 18.5 Å². The van der Waals surface area contributed by atoms with Crippen molar-refractivity contribution in [1.29, 1.82) is 0 Å². The van der Waals surface area contributed by atoms with Crippen molar-refractivity contribution < 1.29 is 4.79 Å². The smallest absolute Gasteiger partial charge is 0.169 e. The van der Waals surface area contributed by atoms with Gasteiger partial charge in [0.05, 0.1) is 17.0 Å². The van der Waals surface area contributed by atoms with Gasteiger partial charge in [-0.2, -0.15) is 5.10 Å². The molecule has 0 aliphatic heterocycles. The lowest BCUT2D eigenvalue weighted by atomic mass is 9.94. The third-order valence-corrected chi connectivity index (χ3v) is 2.97. The standard InChI is InChI=1S/C15H24N2O/c1-8-12-13(15(18)10(4)5)14(9(2)3)16-17(12)11(6)7/h8-11H,1H2,2-7H3.